The number of nitrogens with one attached hydrogen (secondary N) is 1. The lowest BCUT2D eigenvalue weighted by molar-refractivity contribution is -0.253. The number of rotatable bonds is 11. The van der Waals surface area contributed by atoms with E-state index in [1.54, 1.807) is 32.4 Å². The third kappa shape index (κ3) is 8.12. The Morgan fingerprint density at radius 2 is 1.41 bits per heavy atom. The van der Waals surface area contributed by atoms with Gasteiger partial charge >= 0.3 is 0 Å². The van der Waals surface area contributed by atoms with Gasteiger partial charge in [-0.15, -0.1) is 0 Å². The zero-order valence-corrected chi connectivity index (χ0v) is 30.6. The molecule has 56 heavy (non-hydrogen) atoms. The van der Waals surface area contributed by atoms with Gasteiger partial charge in [-0.3, -0.25) is 9.69 Å². The van der Waals surface area contributed by atoms with E-state index in [1.165, 1.54) is 11.1 Å². The molecule has 7 rings (SSSR count). The van der Waals surface area contributed by atoms with Gasteiger partial charge in [-0.1, -0.05) is 66.7 Å². The van der Waals surface area contributed by atoms with Crippen LogP contribution >= 0.6 is 0 Å². The number of ether oxygens (including phenoxy) is 4. The topological polar surface area (TPSA) is 89.5 Å². The molecule has 0 spiro atoms. The summed E-state index contributed by atoms with van der Waals surface area (Å²) in [6.45, 7) is 1.95. The smallest absolute Gasteiger partial charge is 0.257 e. The molecule has 1 saturated heterocycles. The summed E-state index contributed by atoms with van der Waals surface area (Å²) in [5.41, 5.74) is 5.52. The average molecular weight is 775 g/mol. The van der Waals surface area contributed by atoms with Gasteiger partial charge in [-0.25, -0.2) is 22.0 Å². The lowest BCUT2D eigenvalue weighted by atomic mass is 9.96. The molecule has 292 valence electrons. The normalized spacial score (nSPS) is 18.3. The van der Waals surface area contributed by atoms with Crippen LogP contribution in [0.2, 0.25) is 0 Å². The average Bonchev–Trinajstić information content (AvgIpc) is 3.23. The fraction of sp³-hybridized carbons (Fsp3) is 0.279. The predicted octanol–water partition coefficient (Wildman–Crippen LogP) is 8.09. The van der Waals surface area contributed by atoms with Crippen LogP contribution in [0.25, 0.3) is 11.1 Å². The fourth-order valence-electron chi connectivity index (χ4n) is 7.19. The monoisotopic (exact) mass is 774 g/mol. The number of aliphatic hydroxyl groups is 1. The van der Waals surface area contributed by atoms with Gasteiger partial charge in [-0.2, -0.15) is 0 Å². The van der Waals surface area contributed by atoms with Crippen molar-refractivity contribution in [2.75, 3.05) is 27.3 Å². The Hall–Kier alpha value is -5.34. The van der Waals surface area contributed by atoms with Crippen molar-refractivity contribution < 1.29 is 50.8 Å². The maximum Gasteiger partial charge on any atom is 0.257 e. The summed E-state index contributed by atoms with van der Waals surface area (Å²) in [6.07, 6.45) is 0.346. The lowest BCUT2D eigenvalue weighted by Gasteiger charge is -2.39. The molecule has 0 aromatic heterocycles. The van der Waals surface area contributed by atoms with E-state index in [0.29, 0.717) is 30.0 Å². The molecule has 2 aliphatic heterocycles. The zero-order chi connectivity index (χ0) is 39.5. The van der Waals surface area contributed by atoms with Crippen molar-refractivity contribution >= 4 is 5.91 Å². The molecule has 0 saturated carbocycles. The quantitative estimate of drug-likeness (QED) is 0.0797. The van der Waals surface area contributed by atoms with Crippen LogP contribution in [0.1, 0.15) is 62.6 Å². The molecule has 0 radical (unpaired) electrons. The molecule has 5 aromatic carbocycles. The largest absolute Gasteiger partial charge is 0.493 e. The zero-order valence-electron chi connectivity index (χ0n) is 30.6. The molecule has 2 heterocycles. The van der Waals surface area contributed by atoms with Gasteiger partial charge in [0.05, 0.1) is 33.0 Å². The minimum absolute atomic E-state index is 0.0600. The molecular formula is C43H39F5N2O6. The number of fused-ring (bicyclic) bond motifs is 1. The maximum atomic E-state index is 14.2. The van der Waals surface area contributed by atoms with Crippen LogP contribution < -0.4 is 14.8 Å². The Morgan fingerprint density at radius 3 is 2.07 bits per heavy atom. The molecule has 5 aromatic rings. The third-order valence-corrected chi connectivity index (χ3v) is 10.2. The number of aliphatic hydroxyl groups excluding tert-OH is 1. The predicted molar refractivity (Wildman–Crippen MR) is 196 cm³/mol. The summed E-state index contributed by atoms with van der Waals surface area (Å²) < 4.78 is 93.4. The Balaban J connectivity index is 1.06. The van der Waals surface area contributed by atoms with Crippen LogP contribution in [0.15, 0.2) is 84.9 Å². The van der Waals surface area contributed by atoms with Crippen LogP contribution in [0, 0.1) is 29.1 Å². The summed E-state index contributed by atoms with van der Waals surface area (Å²) in [7, 11) is 3.26. The number of methoxy groups -OCH3 is 2. The highest BCUT2D eigenvalue weighted by atomic mass is 19.2. The van der Waals surface area contributed by atoms with Crippen molar-refractivity contribution in [1.29, 1.82) is 0 Å². The van der Waals surface area contributed by atoms with Crippen molar-refractivity contribution in [1.82, 2.24) is 10.2 Å². The molecular weight excluding hydrogens is 735 g/mol. The highest BCUT2D eigenvalue weighted by Gasteiger charge is 2.34. The third-order valence-electron chi connectivity index (χ3n) is 10.2. The van der Waals surface area contributed by atoms with Crippen molar-refractivity contribution in [3.8, 4) is 22.6 Å². The molecule has 0 bridgehead atoms. The van der Waals surface area contributed by atoms with Gasteiger partial charge in [-0.05, 0) is 63.6 Å². The Kier molecular flexibility index (Phi) is 11.7. The van der Waals surface area contributed by atoms with Gasteiger partial charge in [0.1, 0.15) is 5.56 Å². The second-order valence-electron chi connectivity index (χ2n) is 13.8. The van der Waals surface area contributed by atoms with Crippen molar-refractivity contribution in [2.45, 2.75) is 51.0 Å². The number of carbonyl (C=O) groups is 1. The number of nitrogens with zero attached hydrogens (tertiary/aromatic N) is 1. The van der Waals surface area contributed by atoms with E-state index < -0.39 is 46.8 Å². The van der Waals surface area contributed by atoms with Crippen LogP contribution in [0.5, 0.6) is 11.5 Å². The first-order valence-corrected chi connectivity index (χ1v) is 18.0. The van der Waals surface area contributed by atoms with Gasteiger partial charge in [0.15, 0.2) is 41.1 Å². The SMILES string of the molecule is COc1cc2c(cc1OC)CN(CC1CC(c3ccc(CO)cc3)OC(c3ccc(-c4cccc(CNC(=O)c5c(F)c(F)c(F)c(F)c5F)c4)cc3)O1)CC2. The molecule has 2 aliphatic rings. The van der Waals surface area contributed by atoms with E-state index in [1.807, 2.05) is 66.7 Å². The van der Waals surface area contributed by atoms with Crippen molar-refractivity contribution in [3.63, 3.8) is 0 Å². The highest BCUT2D eigenvalue weighted by molar-refractivity contribution is 5.94. The van der Waals surface area contributed by atoms with Gasteiger partial charge in [0.25, 0.3) is 5.91 Å². The summed E-state index contributed by atoms with van der Waals surface area (Å²) in [4.78, 5) is 14.9. The minimum atomic E-state index is -2.34. The van der Waals surface area contributed by atoms with Crippen molar-refractivity contribution in [3.05, 3.63) is 153 Å². The van der Waals surface area contributed by atoms with Gasteiger partial charge in [0, 0.05) is 38.2 Å². The summed E-state index contributed by atoms with van der Waals surface area (Å²) in [6, 6.07) is 26.3. The van der Waals surface area contributed by atoms with Crippen LogP contribution in [0.3, 0.4) is 0 Å². The van der Waals surface area contributed by atoms with E-state index in [-0.39, 0.29) is 25.4 Å². The van der Waals surface area contributed by atoms with Crippen molar-refractivity contribution in [2.24, 2.45) is 0 Å². The lowest BCUT2D eigenvalue weighted by Crippen LogP contribution is -2.41. The number of hydrogen-bond acceptors (Lipinski definition) is 7. The van der Waals surface area contributed by atoms with Crippen LogP contribution in [0.4, 0.5) is 22.0 Å². The van der Waals surface area contributed by atoms with Gasteiger partial charge in [0.2, 0.25) is 5.82 Å². The van der Waals surface area contributed by atoms with E-state index in [4.69, 9.17) is 18.9 Å². The Morgan fingerprint density at radius 1 is 0.768 bits per heavy atom. The maximum absolute atomic E-state index is 14.2. The Bertz CT molecular complexity index is 2190. The standard InChI is InChI=1S/C43H39F5N2O6/c1-53-34-17-30-14-15-50(21-31(30)18-35(34)54-2)22-32-19-33(27-8-6-24(23-51)7-9-27)56-43(55-32)28-12-10-26(11-13-28)29-5-3-4-25(16-29)20-49-42(52)36-37(44)39(46)41(48)40(47)38(36)45/h3-13,16-18,32-33,43,51H,14-15,19-23H2,1-2H3,(H,49,52). The molecule has 1 fully saturated rings. The summed E-state index contributed by atoms with van der Waals surface area (Å²) >= 11 is 0. The molecule has 3 unspecified atom stereocenters. The molecule has 1 amide bonds. The van der Waals surface area contributed by atoms with Gasteiger partial charge < -0.3 is 29.4 Å². The first-order chi connectivity index (χ1) is 27.1. The van der Waals surface area contributed by atoms with E-state index in [0.717, 1.165) is 47.3 Å². The van der Waals surface area contributed by atoms with E-state index >= 15 is 0 Å². The molecule has 13 heteroatoms. The van der Waals surface area contributed by atoms with E-state index in [2.05, 4.69) is 10.2 Å². The summed E-state index contributed by atoms with van der Waals surface area (Å²) in [5, 5.41) is 11.8. The number of hydrogen-bond donors (Lipinski definition) is 2. The summed E-state index contributed by atoms with van der Waals surface area (Å²) in [5.74, 6) is -11.2. The number of halogens is 5. The fourth-order valence-corrected chi connectivity index (χ4v) is 7.19. The highest BCUT2D eigenvalue weighted by Crippen LogP contribution is 2.40. The van der Waals surface area contributed by atoms with Crippen LogP contribution in [-0.4, -0.2) is 49.3 Å². The first kappa shape index (κ1) is 38.9. The second-order valence-corrected chi connectivity index (χ2v) is 13.8. The molecule has 0 aliphatic carbocycles. The molecule has 2 N–H and O–H groups in total. The number of benzene rings is 5. The van der Waals surface area contributed by atoms with Crippen LogP contribution in [-0.2, 0) is 35.6 Å². The van der Waals surface area contributed by atoms with E-state index in [9.17, 15) is 31.9 Å². The molecule has 3 atom stereocenters. The number of amides is 1. The molecule has 8 nitrogen and oxygen atoms in total. The number of carbonyl (C=O) groups excluding carboxylic acids is 1. The second kappa shape index (κ2) is 16.8. The first-order valence-electron chi connectivity index (χ1n) is 18.0. The minimum Gasteiger partial charge on any atom is -0.493 e. The Labute approximate surface area is 320 Å².